The summed E-state index contributed by atoms with van der Waals surface area (Å²) < 4.78 is 20.6. The minimum Gasteiger partial charge on any atom is -0.480 e. The maximum Gasteiger partial charge on any atom is 0.408 e. The second-order valence-electron chi connectivity index (χ2n) is 6.56. The van der Waals surface area contributed by atoms with Crippen LogP contribution in [0.5, 0.6) is 0 Å². The lowest BCUT2D eigenvalue weighted by molar-refractivity contribution is -0.139. The number of para-hydroxylation sites is 1. The van der Waals surface area contributed by atoms with E-state index in [0.29, 0.717) is 11.4 Å². The van der Waals surface area contributed by atoms with Gasteiger partial charge in [-0.1, -0.05) is 12.1 Å². The number of ether oxygens (including phenoxy) is 1. The fourth-order valence-electron chi connectivity index (χ4n) is 2.32. The molecule has 1 amide bonds. The standard InChI is InChI=1S/C18H21FN2O4/c1-18(2,3)25-17(24)20-14(16(22)23)11-12-7-6-10-21(12)15-9-5-4-8-13(15)19/h4-10,14H,11H2,1-3H3,(H,20,24)(H,22,23). The van der Waals surface area contributed by atoms with E-state index in [9.17, 15) is 19.1 Å². The Bertz CT molecular complexity index is 764. The van der Waals surface area contributed by atoms with E-state index < -0.39 is 29.5 Å². The monoisotopic (exact) mass is 348 g/mol. The first-order valence-electron chi connectivity index (χ1n) is 7.81. The zero-order chi connectivity index (χ0) is 18.6. The molecule has 1 aromatic heterocycles. The van der Waals surface area contributed by atoms with Crippen molar-refractivity contribution in [2.75, 3.05) is 0 Å². The maximum absolute atomic E-state index is 14.0. The van der Waals surface area contributed by atoms with Crippen molar-refractivity contribution in [3.8, 4) is 5.69 Å². The fourth-order valence-corrected chi connectivity index (χ4v) is 2.32. The van der Waals surface area contributed by atoms with Gasteiger partial charge < -0.3 is 19.7 Å². The highest BCUT2D eigenvalue weighted by Gasteiger charge is 2.25. The normalized spacial score (nSPS) is 12.5. The summed E-state index contributed by atoms with van der Waals surface area (Å²) >= 11 is 0. The van der Waals surface area contributed by atoms with Gasteiger partial charge in [0, 0.05) is 18.3 Å². The number of halogens is 1. The molecule has 1 aromatic carbocycles. The Balaban J connectivity index is 2.19. The van der Waals surface area contributed by atoms with Gasteiger partial charge in [0.2, 0.25) is 0 Å². The molecule has 1 atom stereocenters. The number of carbonyl (C=O) groups is 2. The van der Waals surface area contributed by atoms with Gasteiger partial charge >= 0.3 is 12.1 Å². The van der Waals surface area contributed by atoms with Crippen LogP contribution in [0.3, 0.4) is 0 Å². The predicted molar refractivity (Wildman–Crippen MR) is 90.2 cm³/mol. The van der Waals surface area contributed by atoms with Crippen molar-refractivity contribution in [1.82, 2.24) is 9.88 Å². The molecule has 2 N–H and O–H groups in total. The summed E-state index contributed by atoms with van der Waals surface area (Å²) in [6, 6.07) is 8.35. The van der Waals surface area contributed by atoms with E-state index in [0.717, 1.165) is 0 Å². The second kappa shape index (κ2) is 7.38. The third-order valence-corrected chi connectivity index (χ3v) is 3.35. The van der Waals surface area contributed by atoms with E-state index in [-0.39, 0.29) is 6.42 Å². The molecule has 0 aliphatic rings. The summed E-state index contributed by atoms with van der Waals surface area (Å²) in [5.41, 5.74) is 0.123. The molecule has 25 heavy (non-hydrogen) atoms. The summed E-state index contributed by atoms with van der Waals surface area (Å²) in [6.45, 7) is 5.06. The Labute approximate surface area is 145 Å². The number of alkyl carbamates (subject to hydrolysis) is 1. The van der Waals surface area contributed by atoms with Gasteiger partial charge in [0.1, 0.15) is 17.5 Å². The van der Waals surface area contributed by atoms with Crippen LogP contribution in [0.4, 0.5) is 9.18 Å². The quantitative estimate of drug-likeness (QED) is 0.870. The lowest BCUT2D eigenvalue weighted by Crippen LogP contribution is -2.44. The number of nitrogens with zero attached hydrogens (tertiary/aromatic N) is 1. The molecule has 6 nitrogen and oxygen atoms in total. The lowest BCUT2D eigenvalue weighted by Gasteiger charge is -2.22. The van der Waals surface area contributed by atoms with Gasteiger partial charge in [-0.25, -0.2) is 14.0 Å². The van der Waals surface area contributed by atoms with E-state index in [2.05, 4.69) is 5.32 Å². The molecule has 0 aliphatic carbocycles. The third kappa shape index (κ3) is 5.07. The first kappa shape index (κ1) is 18.5. The SMILES string of the molecule is CC(C)(C)OC(=O)NC(Cc1cccn1-c1ccccc1F)C(=O)O. The first-order valence-corrected chi connectivity index (χ1v) is 7.81. The number of hydrogen-bond donors (Lipinski definition) is 2. The molecular formula is C18H21FN2O4. The molecule has 0 radical (unpaired) electrons. The van der Waals surface area contributed by atoms with Crippen molar-refractivity contribution in [1.29, 1.82) is 0 Å². The highest BCUT2D eigenvalue weighted by Crippen LogP contribution is 2.18. The Morgan fingerprint density at radius 3 is 2.52 bits per heavy atom. The van der Waals surface area contributed by atoms with E-state index >= 15 is 0 Å². The molecule has 0 saturated carbocycles. The minimum absolute atomic E-state index is 0.0179. The largest absolute Gasteiger partial charge is 0.480 e. The number of carboxylic acid groups (broad SMARTS) is 1. The van der Waals surface area contributed by atoms with Crippen molar-refractivity contribution < 1.29 is 23.8 Å². The summed E-state index contributed by atoms with van der Waals surface area (Å²) in [5, 5.41) is 11.7. The van der Waals surface area contributed by atoms with Crippen molar-refractivity contribution in [2.24, 2.45) is 0 Å². The average molecular weight is 348 g/mol. The molecule has 2 aromatic rings. The number of aliphatic carboxylic acids is 1. The van der Waals surface area contributed by atoms with Gasteiger partial charge in [0.15, 0.2) is 0 Å². The van der Waals surface area contributed by atoms with E-state index in [1.165, 1.54) is 6.07 Å². The number of nitrogens with one attached hydrogen (secondary N) is 1. The third-order valence-electron chi connectivity index (χ3n) is 3.35. The van der Waals surface area contributed by atoms with Crippen molar-refractivity contribution in [3.63, 3.8) is 0 Å². The number of rotatable bonds is 5. The van der Waals surface area contributed by atoms with E-state index in [4.69, 9.17) is 4.74 Å². The Hall–Kier alpha value is -2.83. The molecule has 134 valence electrons. The molecular weight excluding hydrogens is 327 g/mol. The van der Waals surface area contributed by atoms with Crippen LogP contribution in [-0.4, -0.2) is 33.4 Å². The van der Waals surface area contributed by atoms with Crippen LogP contribution in [0, 0.1) is 5.82 Å². The van der Waals surface area contributed by atoms with Crippen LogP contribution in [0.2, 0.25) is 0 Å². The smallest absolute Gasteiger partial charge is 0.408 e. The van der Waals surface area contributed by atoms with Crippen LogP contribution in [0.1, 0.15) is 26.5 Å². The van der Waals surface area contributed by atoms with Crippen LogP contribution in [0.25, 0.3) is 5.69 Å². The molecule has 1 unspecified atom stereocenters. The van der Waals surface area contributed by atoms with E-state index in [1.54, 1.807) is 61.9 Å². The van der Waals surface area contributed by atoms with Crippen molar-refractivity contribution >= 4 is 12.1 Å². The van der Waals surface area contributed by atoms with Crippen LogP contribution in [0.15, 0.2) is 42.6 Å². The molecule has 0 spiro atoms. The van der Waals surface area contributed by atoms with Gasteiger partial charge in [-0.3, -0.25) is 0 Å². The molecule has 1 heterocycles. The van der Waals surface area contributed by atoms with E-state index in [1.807, 2.05) is 0 Å². The highest BCUT2D eigenvalue weighted by molar-refractivity contribution is 5.80. The first-order chi connectivity index (χ1) is 11.7. The Kier molecular flexibility index (Phi) is 5.46. The van der Waals surface area contributed by atoms with Gasteiger partial charge in [-0.05, 0) is 45.0 Å². The molecule has 0 bridgehead atoms. The second-order valence-corrected chi connectivity index (χ2v) is 6.56. The molecule has 0 saturated heterocycles. The predicted octanol–water partition coefficient (Wildman–Crippen LogP) is 3.14. The Morgan fingerprint density at radius 1 is 1.24 bits per heavy atom. The zero-order valence-electron chi connectivity index (χ0n) is 14.3. The average Bonchev–Trinajstić information content (AvgIpc) is 2.93. The number of aromatic nitrogens is 1. The van der Waals surface area contributed by atoms with Gasteiger partial charge in [0.05, 0.1) is 5.69 Å². The maximum atomic E-state index is 14.0. The number of amides is 1. The van der Waals surface area contributed by atoms with Crippen molar-refractivity contribution in [2.45, 2.75) is 38.8 Å². The molecule has 2 rings (SSSR count). The van der Waals surface area contributed by atoms with Gasteiger partial charge in [-0.15, -0.1) is 0 Å². The number of carbonyl (C=O) groups excluding carboxylic acids is 1. The topological polar surface area (TPSA) is 80.6 Å². The fraction of sp³-hybridized carbons (Fsp3) is 0.333. The summed E-state index contributed by atoms with van der Waals surface area (Å²) in [6.07, 6.45) is 0.805. The number of carboxylic acids is 1. The molecule has 0 aliphatic heterocycles. The zero-order valence-corrected chi connectivity index (χ0v) is 14.3. The molecule has 7 heteroatoms. The summed E-state index contributed by atoms with van der Waals surface area (Å²) in [5.74, 6) is -1.63. The summed E-state index contributed by atoms with van der Waals surface area (Å²) in [4.78, 5) is 23.3. The van der Waals surface area contributed by atoms with Gasteiger partial charge in [-0.2, -0.15) is 0 Å². The minimum atomic E-state index is -1.20. The van der Waals surface area contributed by atoms with Gasteiger partial charge in [0.25, 0.3) is 0 Å². The number of benzene rings is 1. The van der Waals surface area contributed by atoms with Crippen LogP contribution in [-0.2, 0) is 16.0 Å². The van der Waals surface area contributed by atoms with Crippen LogP contribution < -0.4 is 5.32 Å². The lowest BCUT2D eigenvalue weighted by atomic mass is 10.1. The Morgan fingerprint density at radius 2 is 1.92 bits per heavy atom. The van der Waals surface area contributed by atoms with Crippen molar-refractivity contribution in [3.05, 3.63) is 54.1 Å². The highest BCUT2D eigenvalue weighted by atomic mass is 19.1. The van der Waals surface area contributed by atoms with Crippen LogP contribution >= 0.6 is 0 Å². The number of hydrogen-bond acceptors (Lipinski definition) is 3. The molecule has 0 fully saturated rings. The summed E-state index contributed by atoms with van der Waals surface area (Å²) in [7, 11) is 0.